The summed E-state index contributed by atoms with van der Waals surface area (Å²) in [5, 5.41) is 7.48. The van der Waals surface area contributed by atoms with Crippen LogP contribution in [0.1, 0.15) is 24.2 Å². The highest BCUT2D eigenvalue weighted by atomic mass is 16.2. The van der Waals surface area contributed by atoms with E-state index in [2.05, 4.69) is 20.9 Å². The maximum Gasteiger partial charge on any atom is 0.322 e. The number of imidazole rings is 1. The summed E-state index contributed by atoms with van der Waals surface area (Å²) < 4.78 is 1.96. The van der Waals surface area contributed by atoms with Gasteiger partial charge in [0.1, 0.15) is 11.9 Å². The summed E-state index contributed by atoms with van der Waals surface area (Å²) in [6.07, 6.45) is 4.03. The van der Waals surface area contributed by atoms with Gasteiger partial charge in [0, 0.05) is 25.4 Å². The fourth-order valence-electron chi connectivity index (χ4n) is 2.75. The van der Waals surface area contributed by atoms with Crippen LogP contribution in [0.15, 0.2) is 36.7 Å². The SMILES string of the molecule is Cc1nccn1-c1ccccc1CNC(=O)CC[C@@H]1NC(=O)NC1=O. The van der Waals surface area contributed by atoms with Gasteiger partial charge in [-0.15, -0.1) is 0 Å². The highest BCUT2D eigenvalue weighted by Crippen LogP contribution is 2.16. The lowest BCUT2D eigenvalue weighted by molar-refractivity contribution is -0.122. The van der Waals surface area contributed by atoms with Gasteiger partial charge in [0.15, 0.2) is 0 Å². The number of carbonyl (C=O) groups excluding carboxylic acids is 3. The van der Waals surface area contributed by atoms with Crippen LogP contribution in [0.25, 0.3) is 5.69 Å². The van der Waals surface area contributed by atoms with Crippen LogP contribution in [0.2, 0.25) is 0 Å². The Hall–Kier alpha value is -3.16. The van der Waals surface area contributed by atoms with Gasteiger partial charge in [-0.05, 0) is 25.0 Å². The van der Waals surface area contributed by atoms with Crippen LogP contribution >= 0.6 is 0 Å². The van der Waals surface area contributed by atoms with E-state index < -0.39 is 18.0 Å². The molecular formula is C17H19N5O3. The molecule has 0 radical (unpaired) electrons. The molecule has 2 aromatic rings. The number of carbonyl (C=O) groups is 3. The van der Waals surface area contributed by atoms with Gasteiger partial charge >= 0.3 is 6.03 Å². The Bertz CT molecular complexity index is 814. The first-order valence-corrected chi connectivity index (χ1v) is 8.01. The van der Waals surface area contributed by atoms with Crippen LogP contribution in [0.4, 0.5) is 4.79 Å². The van der Waals surface area contributed by atoms with Crippen LogP contribution in [-0.2, 0) is 16.1 Å². The molecule has 4 amide bonds. The molecule has 25 heavy (non-hydrogen) atoms. The van der Waals surface area contributed by atoms with Crippen molar-refractivity contribution in [3.63, 3.8) is 0 Å². The van der Waals surface area contributed by atoms with Crippen molar-refractivity contribution in [1.29, 1.82) is 0 Å². The summed E-state index contributed by atoms with van der Waals surface area (Å²) in [4.78, 5) is 38.8. The number of hydrogen-bond acceptors (Lipinski definition) is 4. The molecule has 3 rings (SSSR count). The number of aromatic nitrogens is 2. The summed E-state index contributed by atoms with van der Waals surface area (Å²) in [5.41, 5.74) is 1.92. The van der Waals surface area contributed by atoms with E-state index in [0.29, 0.717) is 6.54 Å². The number of nitrogens with zero attached hydrogens (tertiary/aromatic N) is 2. The van der Waals surface area contributed by atoms with Gasteiger partial charge in [-0.3, -0.25) is 14.9 Å². The van der Waals surface area contributed by atoms with Gasteiger partial charge in [-0.2, -0.15) is 0 Å². The maximum absolute atomic E-state index is 12.1. The van der Waals surface area contributed by atoms with E-state index in [4.69, 9.17) is 0 Å². The molecule has 2 heterocycles. The zero-order valence-corrected chi connectivity index (χ0v) is 13.8. The molecule has 1 aliphatic rings. The van der Waals surface area contributed by atoms with Crippen LogP contribution in [0, 0.1) is 6.92 Å². The number of amides is 4. The summed E-state index contributed by atoms with van der Waals surface area (Å²) in [6, 6.07) is 6.60. The molecule has 8 heteroatoms. The van der Waals surface area contributed by atoms with Gasteiger partial charge in [0.05, 0.1) is 5.69 Å². The molecule has 3 N–H and O–H groups in total. The first-order chi connectivity index (χ1) is 12.0. The number of nitrogens with one attached hydrogen (secondary N) is 3. The Balaban J connectivity index is 1.57. The van der Waals surface area contributed by atoms with Crippen LogP contribution in [0.5, 0.6) is 0 Å². The van der Waals surface area contributed by atoms with E-state index in [-0.39, 0.29) is 18.7 Å². The first kappa shape index (κ1) is 16.7. The van der Waals surface area contributed by atoms with E-state index in [1.165, 1.54) is 0 Å². The van der Waals surface area contributed by atoms with Crippen molar-refractivity contribution in [3.05, 3.63) is 48.0 Å². The first-order valence-electron chi connectivity index (χ1n) is 8.01. The van der Waals surface area contributed by atoms with Crippen molar-refractivity contribution in [3.8, 4) is 5.69 Å². The van der Waals surface area contributed by atoms with Crippen molar-refractivity contribution >= 4 is 17.8 Å². The maximum atomic E-state index is 12.1. The minimum atomic E-state index is -0.640. The number of para-hydroxylation sites is 1. The summed E-state index contributed by atoms with van der Waals surface area (Å²) in [6.45, 7) is 2.28. The Labute approximate surface area is 144 Å². The summed E-state index contributed by atoms with van der Waals surface area (Å²) in [5.74, 6) is 0.298. The Morgan fingerprint density at radius 3 is 2.80 bits per heavy atom. The molecule has 1 aromatic carbocycles. The van der Waals surface area contributed by atoms with Gasteiger partial charge in [-0.1, -0.05) is 18.2 Å². The molecule has 0 aliphatic carbocycles. The molecule has 8 nitrogen and oxygen atoms in total. The van der Waals surface area contributed by atoms with Crippen molar-refractivity contribution in [2.24, 2.45) is 0 Å². The van der Waals surface area contributed by atoms with Gasteiger partial charge in [-0.25, -0.2) is 9.78 Å². The van der Waals surface area contributed by atoms with E-state index >= 15 is 0 Å². The summed E-state index contributed by atoms with van der Waals surface area (Å²) >= 11 is 0. The molecular weight excluding hydrogens is 322 g/mol. The molecule has 1 aliphatic heterocycles. The third-order valence-electron chi connectivity index (χ3n) is 4.07. The number of hydrogen-bond donors (Lipinski definition) is 3. The number of rotatable bonds is 6. The van der Waals surface area contributed by atoms with Crippen molar-refractivity contribution in [2.45, 2.75) is 32.4 Å². The fraction of sp³-hybridized carbons (Fsp3) is 0.294. The van der Waals surface area contributed by atoms with E-state index in [0.717, 1.165) is 17.1 Å². The standard InChI is InChI=1S/C17H19N5O3/c1-11-18-8-9-22(11)14-5-3-2-4-12(14)10-19-15(23)7-6-13-16(24)21-17(25)20-13/h2-5,8-9,13H,6-7,10H2,1H3,(H,19,23)(H2,20,21,24,25)/t13-/m0/s1. The lowest BCUT2D eigenvalue weighted by Crippen LogP contribution is -2.31. The Morgan fingerprint density at radius 2 is 2.12 bits per heavy atom. The topological polar surface area (TPSA) is 105 Å². The van der Waals surface area contributed by atoms with Crippen molar-refractivity contribution in [2.75, 3.05) is 0 Å². The minimum absolute atomic E-state index is 0.157. The van der Waals surface area contributed by atoms with Gasteiger partial charge in [0.25, 0.3) is 5.91 Å². The molecule has 0 saturated carbocycles. The summed E-state index contributed by atoms with van der Waals surface area (Å²) in [7, 11) is 0. The quantitative estimate of drug-likeness (QED) is 0.675. The second kappa shape index (κ2) is 7.16. The monoisotopic (exact) mass is 341 g/mol. The molecule has 1 fully saturated rings. The average molecular weight is 341 g/mol. The highest BCUT2D eigenvalue weighted by molar-refractivity contribution is 6.04. The molecule has 0 unspecified atom stereocenters. The normalized spacial score (nSPS) is 16.4. The smallest absolute Gasteiger partial charge is 0.322 e. The second-order valence-electron chi connectivity index (χ2n) is 5.80. The predicted molar refractivity (Wildman–Crippen MR) is 89.8 cm³/mol. The van der Waals surface area contributed by atoms with Crippen molar-refractivity contribution in [1.82, 2.24) is 25.5 Å². The van der Waals surface area contributed by atoms with E-state index in [1.807, 2.05) is 42.0 Å². The Morgan fingerprint density at radius 1 is 1.32 bits per heavy atom. The zero-order chi connectivity index (χ0) is 17.8. The number of urea groups is 1. The lowest BCUT2D eigenvalue weighted by Gasteiger charge is -2.13. The minimum Gasteiger partial charge on any atom is -0.352 e. The van der Waals surface area contributed by atoms with Gasteiger partial charge < -0.3 is 15.2 Å². The molecule has 1 aromatic heterocycles. The van der Waals surface area contributed by atoms with Crippen LogP contribution in [0.3, 0.4) is 0 Å². The predicted octanol–water partition coefficient (Wildman–Crippen LogP) is 0.785. The zero-order valence-electron chi connectivity index (χ0n) is 13.8. The number of aryl methyl sites for hydroxylation is 1. The van der Waals surface area contributed by atoms with E-state index in [9.17, 15) is 14.4 Å². The molecule has 0 spiro atoms. The second-order valence-corrected chi connectivity index (χ2v) is 5.80. The molecule has 130 valence electrons. The van der Waals surface area contributed by atoms with Crippen LogP contribution in [-0.4, -0.2) is 33.4 Å². The molecule has 1 atom stereocenters. The fourth-order valence-corrected chi connectivity index (χ4v) is 2.75. The average Bonchev–Trinajstić information content (AvgIpc) is 3.16. The number of imide groups is 1. The largest absolute Gasteiger partial charge is 0.352 e. The molecule has 0 bridgehead atoms. The van der Waals surface area contributed by atoms with E-state index in [1.54, 1.807) is 6.20 Å². The third kappa shape index (κ3) is 3.85. The highest BCUT2D eigenvalue weighted by Gasteiger charge is 2.29. The third-order valence-corrected chi connectivity index (χ3v) is 4.07. The number of benzene rings is 1. The van der Waals surface area contributed by atoms with Crippen molar-refractivity contribution < 1.29 is 14.4 Å². The van der Waals surface area contributed by atoms with Gasteiger partial charge in [0.2, 0.25) is 5.91 Å². The lowest BCUT2D eigenvalue weighted by atomic mass is 10.1. The molecule has 1 saturated heterocycles. The van der Waals surface area contributed by atoms with Crippen LogP contribution < -0.4 is 16.0 Å². The Kier molecular flexibility index (Phi) is 4.78.